The fraction of sp³-hybridized carbons (Fsp3) is 1.00. The fourth-order valence-corrected chi connectivity index (χ4v) is 3.33. The van der Waals surface area contributed by atoms with Crippen molar-refractivity contribution >= 4 is 8.32 Å². The van der Waals surface area contributed by atoms with Crippen LogP contribution in [-0.2, 0) is 13.9 Å². The third-order valence-corrected chi connectivity index (χ3v) is 9.24. The lowest BCUT2D eigenvalue weighted by atomic mass is 10.0. The molecule has 0 radical (unpaired) electrons. The van der Waals surface area contributed by atoms with Gasteiger partial charge >= 0.3 is 0 Å². The highest BCUT2D eigenvalue weighted by molar-refractivity contribution is 6.74. The van der Waals surface area contributed by atoms with E-state index in [1.54, 1.807) is 13.8 Å². The van der Waals surface area contributed by atoms with E-state index in [2.05, 4.69) is 43.9 Å². The van der Waals surface area contributed by atoms with Crippen molar-refractivity contribution in [2.75, 3.05) is 13.2 Å². The molecule has 1 heterocycles. The Bertz CT molecular complexity index is 474. The second-order valence-electron chi connectivity index (χ2n) is 8.16. The van der Waals surface area contributed by atoms with E-state index < -0.39 is 45.1 Å². The van der Waals surface area contributed by atoms with Gasteiger partial charge in [0.1, 0.15) is 12.2 Å². The number of nitrogens with zero attached hydrogens (tertiary/aromatic N) is 3. The number of aliphatic hydroxyl groups excluding tert-OH is 2. The largest absolute Gasteiger partial charge is 0.414 e. The molecule has 0 aromatic carbocycles. The minimum absolute atomic E-state index is 0.0479. The van der Waals surface area contributed by atoms with E-state index >= 15 is 0 Å². The number of azide groups is 1. The van der Waals surface area contributed by atoms with Crippen LogP contribution in [0.25, 0.3) is 10.4 Å². The Balaban J connectivity index is 2.95. The molecule has 0 aliphatic carbocycles. The van der Waals surface area contributed by atoms with E-state index in [0.29, 0.717) is 0 Å². The van der Waals surface area contributed by atoms with Crippen molar-refractivity contribution in [2.45, 2.75) is 82.9 Å². The molecule has 140 valence electrons. The Morgan fingerprint density at radius 2 is 1.92 bits per heavy atom. The lowest BCUT2D eigenvalue weighted by Gasteiger charge is -2.37. The molecule has 0 saturated carbocycles. The van der Waals surface area contributed by atoms with Crippen LogP contribution in [0.15, 0.2) is 5.11 Å². The normalized spacial score (nSPS) is 26.7. The number of hydrogen-bond donors (Lipinski definition) is 2. The van der Waals surface area contributed by atoms with E-state index in [-0.39, 0.29) is 11.6 Å². The highest BCUT2D eigenvalue weighted by Crippen LogP contribution is 2.38. The first-order valence-corrected chi connectivity index (χ1v) is 11.1. The summed E-state index contributed by atoms with van der Waals surface area (Å²) in [5, 5.41) is 22.8. The zero-order chi connectivity index (χ0) is 18.8. The van der Waals surface area contributed by atoms with Gasteiger partial charge in [0.05, 0.1) is 25.4 Å². The van der Waals surface area contributed by atoms with Gasteiger partial charge in [0, 0.05) is 4.91 Å². The summed E-state index contributed by atoms with van der Waals surface area (Å²) >= 11 is 0. The van der Waals surface area contributed by atoms with Gasteiger partial charge in [-0.2, -0.15) is 0 Å². The lowest BCUT2D eigenvalue weighted by molar-refractivity contribution is -0.152. The quantitative estimate of drug-likeness (QED) is 0.313. The average molecular weight is 362 g/mol. The summed E-state index contributed by atoms with van der Waals surface area (Å²) in [4.78, 5) is 2.77. The second kappa shape index (κ2) is 7.70. The van der Waals surface area contributed by atoms with E-state index in [4.69, 9.17) is 19.4 Å². The highest BCUT2D eigenvalue weighted by atomic mass is 28.4. The Morgan fingerprint density at radius 1 is 1.33 bits per heavy atom. The SMILES string of the molecule is CC1(C)O[C@@H]([C@H](N=[N+]=[N-])[C@H](O)CO)[C@H](CO[Si](C)(C)C(C)(C)C)O1. The summed E-state index contributed by atoms with van der Waals surface area (Å²) in [6.07, 6.45) is -2.41. The predicted molar refractivity (Wildman–Crippen MR) is 93.0 cm³/mol. The first-order chi connectivity index (χ1) is 10.8. The standard InChI is InChI=1S/C15H31N3O5Si/c1-14(2,3)24(6,7)21-9-11-13(23-15(4,5)22-11)12(17-18-16)10(20)8-19/h10-13,19-20H,8-9H2,1-7H3/t10-,11+,12-,13-/m1/s1. The van der Waals surface area contributed by atoms with Crippen LogP contribution in [0.3, 0.4) is 0 Å². The zero-order valence-electron chi connectivity index (χ0n) is 15.7. The summed E-state index contributed by atoms with van der Waals surface area (Å²) in [5.41, 5.74) is 8.77. The number of ether oxygens (including phenoxy) is 2. The number of rotatable bonds is 7. The summed E-state index contributed by atoms with van der Waals surface area (Å²) in [6, 6.07) is -0.949. The van der Waals surface area contributed by atoms with Crippen molar-refractivity contribution < 1.29 is 24.1 Å². The van der Waals surface area contributed by atoms with Crippen molar-refractivity contribution in [1.82, 2.24) is 0 Å². The van der Waals surface area contributed by atoms with Crippen molar-refractivity contribution in [3.63, 3.8) is 0 Å². The maximum absolute atomic E-state index is 9.97. The molecule has 1 fully saturated rings. The molecule has 1 rings (SSSR count). The summed E-state index contributed by atoms with van der Waals surface area (Å²) in [6.45, 7) is 14.0. The van der Waals surface area contributed by atoms with Gasteiger partial charge in [-0.05, 0) is 37.5 Å². The highest BCUT2D eigenvalue weighted by Gasteiger charge is 2.48. The molecule has 1 aliphatic rings. The van der Waals surface area contributed by atoms with E-state index in [0.717, 1.165) is 0 Å². The summed E-state index contributed by atoms with van der Waals surface area (Å²) < 4.78 is 17.9. The Hall–Kier alpha value is -0.673. The first kappa shape index (κ1) is 21.4. The van der Waals surface area contributed by atoms with Gasteiger partial charge in [-0.1, -0.05) is 25.9 Å². The number of hydrogen-bond acceptors (Lipinski definition) is 6. The van der Waals surface area contributed by atoms with Crippen LogP contribution >= 0.6 is 0 Å². The third-order valence-electron chi connectivity index (χ3n) is 4.74. The predicted octanol–water partition coefficient (Wildman–Crippen LogP) is 2.56. The molecule has 24 heavy (non-hydrogen) atoms. The molecule has 0 bridgehead atoms. The number of aliphatic hydroxyl groups is 2. The minimum atomic E-state index is -1.99. The molecule has 4 atom stereocenters. The molecule has 0 amide bonds. The van der Waals surface area contributed by atoms with Crippen LogP contribution in [0.1, 0.15) is 34.6 Å². The Kier molecular flexibility index (Phi) is 6.85. The van der Waals surface area contributed by atoms with Crippen LogP contribution in [-0.4, -0.2) is 61.9 Å². The van der Waals surface area contributed by atoms with Crippen molar-refractivity contribution in [1.29, 1.82) is 0 Å². The van der Waals surface area contributed by atoms with Crippen LogP contribution in [0.2, 0.25) is 18.1 Å². The third kappa shape index (κ3) is 5.16. The Labute approximate surface area is 144 Å². The molecule has 0 aromatic rings. The average Bonchev–Trinajstić information content (AvgIpc) is 2.75. The minimum Gasteiger partial charge on any atom is -0.414 e. The zero-order valence-corrected chi connectivity index (χ0v) is 16.7. The Morgan fingerprint density at radius 3 is 2.38 bits per heavy atom. The van der Waals surface area contributed by atoms with Gasteiger partial charge in [-0.25, -0.2) is 0 Å². The molecule has 2 N–H and O–H groups in total. The van der Waals surface area contributed by atoms with Crippen molar-refractivity contribution in [3.8, 4) is 0 Å². The maximum atomic E-state index is 9.97. The monoisotopic (exact) mass is 361 g/mol. The van der Waals surface area contributed by atoms with Crippen molar-refractivity contribution in [2.24, 2.45) is 5.11 Å². The lowest BCUT2D eigenvalue weighted by Crippen LogP contribution is -2.48. The van der Waals surface area contributed by atoms with Gasteiger partial charge < -0.3 is 24.1 Å². The molecule has 9 heteroatoms. The molecule has 1 aliphatic heterocycles. The van der Waals surface area contributed by atoms with Crippen LogP contribution < -0.4 is 0 Å². The topological polar surface area (TPSA) is 117 Å². The van der Waals surface area contributed by atoms with Gasteiger partial charge in [-0.15, -0.1) is 0 Å². The molecule has 0 aromatic heterocycles. The maximum Gasteiger partial charge on any atom is 0.192 e. The fourth-order valence-electron chi connectivity index (χ4n) is 2.32. The van der Waals surface area contributed by atoms with Gasteiger partial charge in [0.2, 0.25) is 0 Å². The molecule has 8 nitrogen and oxygen atoms in total. The molecule has 0 spiro atoms. The van der Waals surface area contributed by atoms with E-state index in [9.17, 15) is 10.2 Å². The van der Waals surface area contributed by atoms with Gasteiger partial charge in [0.25, 0.3) is 0 Å². The van der Waals surface area contributed by atoms with E-state index in [1.807, 2.05) is 0 Å². The summed E-state index contributed by atoms with van der Waals surface area (Å²) in [5.74, 6) is -0.884. The van der Waals surface area contributed by atoms with Gasteiger partial charge in [-0.3, -0.25) is 0 Å². The first-order valence-electron chi connectivity index (χ1n) is 8.17. The van der Waals surface area contributed by atoms with Crippen LogP contribution in [0.4, 0.5) is 0 Å². The molecular formula is C15H31N3O5Si. The smallest absolute Gasteiger partial charge is 0.192 e. The molecule has 1 saturated heterocycles. The van der Waals surface area contributed by atoms with E-state index in [1.165, 1.54) is 0 Å². The van der Waals surface area contributed by atoms with Crippen molar-refractivity contribution in [3.05, 3.63) is 10.4 Å². The molecular weight excluding hydrogens is 330 g/mol. The molecule has 0 unspecified atom stereocenters. The van der Waals surface area contributed by atoms with Crippen LogP contribution in [0, 0.1) is 0 Å². The second-order valence-corrected chi connectivity index (χ2v) is 13.0. The van der Waals surface area contributed by atoms with Crippen LogP contribution in [0.5, 0.6) is 0 Å². The van der Waals surface area contributed by atoms with Gasteiger partial charge in [0.15, 0.2) is 14.1 Å². The summed E-state index contributed by atoms with van der Waals surface area (Å²) in [7, 11) is -1.99.